The Morgan fingerprint density at radius 3 is 2.34 bits per heavy atom. The zero-order chi connectivity index (χ0) is 34.3. The van der Waals surface area contributed by atoms with E-state index in [0.717, 1.165) is 32.1 Å². The number of furan rings is 1. The molecule has 3 saturated carbocycles. The Morgan fingerprint density at radius 1 is 1.09 bits per heavy atom. The molecular weight excluding hydrogens is 604 g/mol. The summed E-state index contributed by atoms with van der Waals surface area (Å²) in [6, 6.07) is -0.757. The lowest BCUT2D eigenvalue weighted by Crippen LogP contribution is -2.63. The van der Waals surface area contributed by atoms with Gasteiger partial charge in [0.2, 0.25) is 11.7 Å². The lowest BCUT2D eigenvalue weighted by molar-refractivity contribution is -0.154. The van der Waals surface area contributed by atoms with Gasteiger partial charge in [0.25, 0.3) is 5.91 Å². The highest BCUT2D eigenvalue weighted by Gasteiger charge is 2.69. The van der Waals surface area contributed by atoms with Gasteiger partial charge in [0.05, 0.1) is 18.6 Å². The average Bonchev–Trinajstić information content (AvgIpc) is 3.71. The Balaban J connectivity index is 1.32. The Bertz CT molecular complexity index is 1390. The van der Waals surface area contributed by atoms with Crippen molar-refractivity contribution < 1.29 is 37.9 Å². The molecule has 5 atom stereocenters. The van der Waals surface area contributed by atoms with E-state index in [1.165, 1.54) is 12.5 Å². The smallest absolute Gasteiger partial charge is 0.332 e. The maximum Gasteiger partial charge on any atom is 0.332 e. The van der Waals surface area contributed by atoms with E-state index in [1.54, 1.807) is 11.0 Å². The van der Waals surface area contributed by atoms with E-state index in [4.69, 9.17) is 14.9 Å². The maximum atomic E-state index is 14.4. The van der Waals surface area contributed by atoms with Crippen molar-refractivity contribution in [3.05, 3.63) is 24.2 Å². The van der Waals surface area contributed by atoms with Crippen molar-refractivity contribution in [2.45, 2.75) is 117 Å². The molecule has 12 heteroatoms. The number of carbonyl (C=O) groups is 6. The number of piperidine rings is 1. The summed E-state index contributed by atoms with van der Waals surface area (Å²) < 4.78 is 10.7. The molecule has 4 fully saturated rings. The molecule has 4 N–H and O–H groups in total. The van der Waals surface area contributed by atoms with Crippen LogP contribution >= 0.6 is 0 Å². The number of ketones is 2. The molecule has 5 rings (SSSR count). The first kappa shape index (κ1) is 34.6. The molecule has 1 aromatic rings. The van der Waals surface area contributed by atoms with Gasteiger partial charge in [-0.15, -0.1) is 0 Å². The fourth-order valence-electron chi connectivity index (χ4n) is 7.88. The lowest BCUT2D eigenvalue weighted by Gasteiger charge is -2.39. The SMILES string of the molecule is CC(C)(C)[C@H](NC(=O)NC1(C(=O)OCc2ccoc2)CCCCC1)C(=O)N1C[C@H]2[C@@H]([C@H]1C(=O)CC(CC1CC1)C(=O)C(N)=O)C2(C)C. The zero-order valence-electron chi connectivity index (χ0n) is 28.3. The van der Waals surface area contributed by atoms with E-state index in [0.29, 0.717) is 37.3 Å². The van der Waals surface area contributed by atoms with Crippen molar-refractivity contribution >= 4 is 35.4 Å². The molecule has 4 amide bonds. The van der Waals surface area contributed by atoms with E-state index in [1.807, 2.05) is 20.8 Å². The number of nitrogens with two attached hydrogens (primary N) is 1. The molecule has 0 bridgehead atoms. The lowest BCUT2D eigenvalue weighted by atomic mass is 9.81. The van der Waals surface area contributed by atoms with Crippen LogP contribution in [-0.4, -0.2) is 64.4 Å². The summed E-state index contributed by atoms with van der Waals surface area (Å²) in [5.74, 6) is -3.46. The number of urea groups is 1. The van der Waals surface area contributed by atoms with Gasteiger partial charge in [-0.05, 0) is 53.9 Å². The number of primary amides is 1. The Kier molecular flexibility index (Phi) is 9.63. The molecule has 2 heterocycles. The fraction of sp³-hybridized carbons (Fsp3) is 0.714. The number of nitrogens with zero attached hydrogens (tertiary/aromatic N) is 1. The maximum absolute atomic E-state index is 14.4. The number of rotatable bonds is 13. The van der Waals surface area contributed by atoms with Crippen LogP contribution in [0.4, 0.5) is 4.79 Å². The fourth-order valence-corrected chi connectivity index (χ4v) is 7.88. The summed E-state index contributed by atoms with van der Waals surface area (Å²) in [5, 5.41) is 5.74. The summed E-state index contributed by atoms with van der Waals surface area (Å²) in [4.78, 5) is 81.5. The summed E-state index contributed by atoms with van der Waals surface area (Å²) >= 11 is 0. The van der Waals surface area contributed by atoms with Crippen LogP contribution in [0.1, 0.15) is 98.0 Å². The Labute approximate surface area is 276 Å². The summed E-state index contributed by atoms with van der Waals surface area (Å²) in [6.07, 6.45) is 8.39. The van der Waals surface area contributed by atoms with Gasteiger partial charge >= 0.3 is 12.0 Å². The van der Waals surface area contributed by atoms with E-state index in [9.17, 15) is 28.8 Å². The van der Waals surface area contributed by atoms with Crippen molar-refractivity contribution in [2.75, 3.05) is 6.54 Å². The van der Waals surface area contributed by atoms with Gasteiger partial charge in [-0.25, -0.2) is 9.59 Å². The molecule has 1 saturated heterocycles. The first-order valence-electron chi connectivity index (χ1n) is 17.0. The minimum atomic E-state index is -1.24. The Morgan fingerprint density at radius 2 is 1.77 bits per heavy atom. The number of likely N-dealkylation sites (tertiary alicyclic amines) is 1. The number of hydrogen-bond acceptors (Lipinski definition) is 8. The second kappa shape index (κ2) is 13.1. The molecule has 0 radical (unpaired) electrons. The Hall–Kier alpha value is -3.70. The van der Waals surface area contributed by atoms with Crippen LogP contribution in [0.15, 0.2) is 23.0 Å². The molecule has 3 aliphatic carbocycles. The average molecular weight is 655 g/mol. The number of ether oxygens (including phenoxy) is 1. The monoisotopic (exact) mass is 654 g/mol. The standard InChI is InChI=1S/C35H50N4O8/c1-33(2,3)28(37-32(45)38-35(12-7-6-8-13-35)31(44)47-19-21-11-14-46-18-21)30(43)39-17-23-25(34(23,4)5)26(39)24(40)16-22(15-20-9-10-20)27(41)29(36)42/h11,14,18,20,22-23,25-26,28H,6-10,12-13,15-17,19H2,1-5H3,(H2,36,42)(H2,37,38,45)/t22?,23-,25-,26+,28+/m0/s1. The van der Waals surface area contributed by atoms with Gasteiger partial charge in [0, 0.05) is 24.4 Å². The van der Waals surface area contributed by atoms with Crippen LogP contribution < -0.4 is 16.4 Å². The number of esters is 1. The van der Waals surface area contributed by atoms with Gasteiger partial charge in [-0.2, -0.15) is 0 Å². The molecule has 12 nitrogen and oxygen atoms in total. The second-order valence-corrected chi connectivity index (χ2v) is 15.9. The van der Waals surface area contributed by atoms with E-state index < -0.39 is 58.6 Å². The minimum absolute atomic E-state index is 0.0130. The van der Waals surface area contributed by atoms with Crippen LogP contribution in [0.2, 0.25) is 0 Å². The molecule has 0 aromatic carbocycles. The molecule has 1 aliphatic heterocycles. The van der Waals surface area contributed by atoms with Gasteiger partial charge < -0.3 is 30.4 Å². The number of amides is 4. The highest BCUT2D eigenvalue weighted by atomic mass is 16.5. The first-order chi connectivity index (χ1) is 22.0. The van der Waals surface area contributed by atoms with E-state index >= 15 is 0 Å². The molecule has 4 aliphatic rings. The third-order valence-corrected chi connectivity index (χ3v) is 11.0. The summed E-state index contributed by atoms with van der Waals surface area (Å²) in [6.45, 7) is 10.0. The van der Waals surface area contributed by atoms with Crippen molar-refractivity contribution in [1.29, 1.82) is 0 Å². The number of fused-ring (bicyclic) bond motifs is 1. The van der Waals surface area contributed by atoms with Crippen LogP contribution in [-0.2, 0) is 35.3 Å². The van der Waals surface area contributed by atoms with Crippen LogP contribution in [0.5, 0.6) is 0 Å². The number of Topliss-reactive ketones (excluding diaryl/α,β-unsaturated/α-hetero) is 2. The van der Waals surface area contributed by atoms with Crippen molar-refractivity contribution in [2.24, 2.45) is 40.2 Å². The third-order valence-electron chi connectivity index (χ3n) is 11.0. The van der Waals surface area contributed by atoms with Crippen LogP contribution in [0.25, 0.3) is 0 Å². The van der Waals surface area contributed by atoms with Crippen molar-refractivity contribution in [1.82, 2.24) is 15.5 Å². The molecular formula is C35H50N4O8. The molecule has 1 unspecified atom stereocenters. The molecule has 0 spiro atoms. The predicted octanol–water partition coefficient (Wildman–Crippen LogP) is 3.65. The van der Waals surface area contributed by atoms with E-state index in [2.05, 4.69) is 24.5 Å². The van der Waals surface area contributed by atoms with Gasteiger partial charge in [-0.1, -0.05) is 66.7 Å². The number of carbonyl (C=O) groups excluding carboxylic acids is 6. The normalized spacial score (nSPS) is 25.6. The van der Waals surface area contributed by atoms with E-state index in [-0.39, 0.29) is 36.1 Å². The van der Waals surface area contributed by atoms with Gasteiger partial charge in [-0.3, -0.25) is 19.2 Å². The number of hydrogen-bond donors (Lipinski definition) is 3. The third kappa shape index (κ3) is 7.41. The largest absolute Gasteiger partial charge is 0.472 e. The highest BCUT2D eigenvalue weighted by Crippen LogP contribution is 2.65. The molecule has 258 valence electrons. The molecule has 1 aromatic heterocycles. The quantitative estimate of drug-likeness (QED) is 0.213. The highest BCUT2D eigenvalue weighted by molar-refractivity contribution is 6.36. The first-order valence-corrected chi connectivity index (χ1v) is 17.0. The van der Waals surface area contributed by atoms with Gasteiger partial charge in [0.15, 0.2) is 5.78 Å². The topological polar surface area (TPSA) is 178 Å². The summed E-state index contributed by atoms with van der Waals surface area (Å²) in [7, 11) is 0. The molecule has 47 heavy (non-hydrogen) atoms. The predicted molar refractivity (Wildman–Crippen MR) is 170 cm³/mol. The second-order valence-electron chi connectivity index (χ2n) is 15.9. The van der Waals surface area contributed by atoms with Crippen molar-refractivity contribution in [3.63, 3.8) is 0 Å². The summed E-state index contributed by atoms with van der Waals surface area (Å²) in [5.41, 5.74) is 3.89. The number of nitrogens with one attached hydrogen (secondary N) is 2. The zero-order valence-corrected chi connectivity index (χ0v) is 28.3. The van der Waals surface area contributed by atoms with Crippen molar-refractivity contribution in [3.8, 4) is 0 Å². The van der Waals surface area contributed by atoms with Crippen LogP contribution in [0.3, 0.4) is 0 Å². The van der Waals surface area contributed by atoms with Crippen LogP contribution in [0, 0.1) is 34.5 Å². The van der Waals surface area contributed by atoms with Gasteiger partial charge in [0.1, 0.15) is 18.2 Å². The minimum Gasteiger partial charge on any atom is -0.472 e.